The number of hydrogen-bond acceptors (Lipinski definition) is 0. The highest BCUT2D eigenvalue weighted by atomic mass is 14.9. The number of hydrogen-bond donors (Lipinski definition) is 0. The molecule has 4 heterocycles. The molecule has 0 saturated heterocycles. The fourth-order valence-corrected chi connectivity index (χ4v) is 16.0. The van der Waals surface area contributed by atoms with Crippen molar-refractivity contribution in [2.75, 3.05) is 0 Å². The number of pyridine rings is 4. The van der Waals surface area contributed by atoms with Crippen LogP contribution in [0.5, 0.6) is 0 Å². The van der Waals surface area contributed by atoms with Gasteiger partial charge >= 0.3 is 0 Å². The van der Waals surface area contributed by atoms with Gasteiger partial charge in [0.25, 0.3) is 0 Å². The van der Waals surface area contributed by atoms with E-state index in [0.29, 0.717) is 5.56 Å². The summed E-state index contributed by atoms with van der Waals surface area (Å²) in [6.07, 6.45) is -8.05. The first kappa shape index (κ1) is 51.6. The minimum atomic E-state index is -3.40. The van der Waals surface area contributed by atoms with Crippen LogP contribution in [0.4, 0.5) is 0 Å². The van der Waals surface area contributed by atoms with Gasteiger partial charge in [0.1, 0.15) is 28.2 Å². The molecule has 6 saturated carbocycles. The van der Waals surface area contributed by atoms with Crippen molar-refractivity contribution in [2.24, 2.45) is 51.8 Å². The fraction of sp³-hybridized carbons (Fsp3) is 0.333. The maximum absolute atomic E-state index is 9.24. The van der Waals surface area contributed by atoms with Crippen LogP contribution < -0.4 is 18.3 Å². The van der Waals surface area contributed by atoms with Crippen LogP contribution in [0.1, 0.15) is 213 Å². The second-order valence-electron chi connectivity index (χ2n) is 29.3. The van der Waals surface area contributed by atoms with Crippen LogP contribution in [0.15, 0.2) is 267 Å². The van der Waals surface area contributed by atoms with E-state index < -0.39 is 80.5 Å². The quantitative estimate of drug-likeness (QED) is 0.108. The molecule has 0 amide bonds. The summed E-state index contributed by atoms with van der Waals surface area (Å²) in [5, 5.41) is 0. The summed E-state index contributed by atoms with van der Waals surface area (Å²) < 4.78 is 187. The minimum absolute atomic E-state index is 0.0959. The molecule has 106 heavy (non-hydrogen) atoms. The first-order valence-corrected chi connectivity index (χ1v) is 37.7. The maximum atomic E-state index is 9.24. The van der Waals surface area contributed by atoms with Gasteiger partial charge in [-0.1, -0.05) is 235 Å². The average Bonchev–Trinajstić information content (AvgIpc) is 1.24. The van der Waals surface area contributed by atoms with Gasteiger partial charge in [-0.3, -0.25) is 0 Å². The van der Waals surface area contributed by atoms with Crippen molar-refractivity contribution >= 4 is 0 Å². The van der Waals surface area contributed by atoms with Gasteiger partial charge in [-0.15, -0.1) is 0 Å². The second-order valence-corrected chi connectivity index (χ2v) is 29.3. The zero-order chi connectivity index (χ0) is 92.2. The lowest BCUT2D eigenvalue weighted by atomic mass is 9.68. The number of fused-ring (bicyclic) bond motifs is 1. The SMILES string of the molecule is Cc1ccccc1-c1cc(-c2ccc(C3C4CCC3C4)cc2)cc[n+]1C.[2H]C1([2H])C([2H])([2H])C([2H])(C)C([2H])([2H])C([2H])(c2ccc(-c3cc[n+](C)c(-c4ccccc4C)c3)cc2)C1([2H])[2H].[2H]C1([2H])C([2H])([2H])C([2H])([2H])C([2H])(c2cccc(-c3cc[n+](C)c(-c4ccccc4C)c3)c2)C([2H])(C)C1([2H])[2H].[2H]C1(c2cccc(-c3cc[n+](C)c(-c4ccccc4C)c3)c2)CCCCC1. The number of nitrogens with zero attached hydrogens (tertiary/aromatic N) is 4. The molecule has 6 aliphatic rings. The van der Waals surface area contributed by atoms with Crippen molar-refractivity contribution in [1.82, 2.24) is 0 Å². The molecule has 0 aliphatic heterocycles. The summed E-state index contributed by atoms with van der Waals surface area (Å²) in [5.41, 5.74) is 24.2. The first-order valence-electron chi connectivity index (χ1n) is 48.2. The second kappa shape index (κ2) is 33.9. The highest BCUT2D eigenvalue weighted by molar-refractivity contribution is 5.74. The summed E-state index contributed by atoms with van der Waals surface area (Å²) >= 11 is 0. The van der Waals surface area contributed by atoms with Crippen molar-refractivity contribution < 1.29 is 47.1 Å². The van der Waals surface area contributed by atoms with Crippen LogP contribution in [0.2, 0.25) is 0 Å². The van der Waals surface area contributed by atoms with Crippen LogP contribution in [0, 0.1) is 51.3 Å². The van der Waals surface area contributed by atoms with Crippen LogP contribution in [-0.4, -0.2) is 0 Å². The molecule has 6 aliphatic carbocycles. The van der Waals surface area contributed by atoms with Crippen molar-refractivity contribution in [2.45, 2.75) is 167 Å². The molecule has 8 aromatic carbocycles. The standard InChI is InChI=1S/2C26H30N.C25H26N.C25H28N/c1-19-9-4-6-13-24(19)23-12-8-11-21(17-23)22-15-16-27(3)26(18-22)25-14-7-5-10-20(25)2;1-19-7-6-9-23(17-19)21-11-13-22(14-12-21)24-15-16-27(3)26(18-24)25-10-5-4-8-20(25)2;1-17-5-3-4-6-23(17)24-16-20(13-14-26(24)2)18-7-9-19(10-8-18)25-21-11-12-22(25)15-21;1-19-9-6-7-14-24(19)25-18-23(15-16-26(25)2)22-13-8-12-21(17-22)20-10-4-3-5-11-20/h5,7-8,10-12,14-19,24H,4,6,9,13H2,1-3H3;4-5,8,10-16,18-19,23H,6-7,9,17H2,1-3H3;3-10,13-14,16,21-22,25H,11-12,15H2,1-2H3;6-9,12-18,20H,3-5,10-11H2,1-2H3/q4*+1/i4D2,6D2,9D2,13D2,19D,24D;6D2,7D2,9D2,17D2,19D,23D;;20D. The molecule has 12 aromatic rings. The van der Waals surface area contributed by atoms with E-state index in [9.17, 15) is 1.37 Å². The van der Waals surface area contributed by atoms with E-state index in [1.54, 1.807) is 29.8 Å². The largest absolute Gasteiger partial charge is 0.213 e. The fourth-order valence-electron chi connectivity index (χ4n) is 16.0. The molecule has 0 spiro atoms. The van der Waals surface area contributed by atoms with Crippen LogP contribution in [0.25, 0.3) is 89.5 Å². The van der Waals surface area contributed by atoms with E-state index in [-0.39, 0.29) is 11.1 Å². The zero-order valence-electron chi connectivity index (χ0n) is 84.1. The van der Waals surface area contributed by atoms with Crippen molar-refractivity contribution in [3.05, 3.63) is 312 Å². The third-order valence-electron chi connectivity index (χ3n) is 22.1. The van der Waals surface area contributed by atoms with E-state index in [1.165, 1.54) is 124 Å². The average molecular weight is 1420 g/mol. The Morgan fingerprint density at radius 3 is 1.14 bits per heavy atom. The van der Waals surface area contributed by atoms with Gasteiger partial charge in [0.15, 0.2) is 24.8 Å². The molecule has 6 unspecified atom stereocenters. The van der Waals surface area contributed by atoms with E-state index >= 15 is 0 Å². The Hall–Kier alpha value is -9.64. The predicted molar refractivity (Wildman–Crippen MR) is 443 cm³/mol. The number of benzene rings is 8. The Morgan fingerprint density at radius 2 is 0.708 bits per heavy atom. The molecule has 6 atom stereocenters. The van der Waals surface area contributed by atoms with Crippen LogP contribution in [0.3, 0.4) is 0 Å². The normalized spacial score (nSPS) is 29.4. The van der Waals surface area contributed by atoms with Gasteiger partial charge in [0, 0.05) is 99.6 Å². The molecule has 4 nitrogen and oxygen atoms in total. The van der Waals surface area contributed by atoms with Crippen LogP contribution in [-0.2, 0) is 28.2 Å². The number of aromatic nitrogens is 4. The molecule has 0 N–H and O–H groups in total. The molecule has 4 heteroatoms. The molecule has 18 rings (SSSR count). The van der Waals surface area contributed by atoms with Gasteiger partial charge in [-0.2, -0.15) is 0 Å². The lowest BCUT2D eigenvalue weighted by Crippen LogP contribution is -2.30. The van der Waals surface area contributed by atoms with E-state index in [2.05, 4.69) is 171 Å². The number of aryl methyl sites for hydroxylation is 8. The topological polar surface area (TPSA) is 15.5 Å². The summed E-state index contributed by atoms with van der Waals surface area (Å²) in [6.45, 7) is 10.3. The lowest BCUT2D eigenvalue weighted by molar-refractivity contribution is -0.660. The Labute approximate surface area is 665 Å². The van der Waals surface area contributed by atoms with E-state index in [0.717, 1.165) is 94.8 Å². The Morgan fingerprint density at radius 1 is 0.321 bits per heavy atom. The maximum Gasteiger partial charge on any atom is 0.213 e. The summed E-state index contributed by atoms with van der Waals surface area (Å²) in [5.74, 6) is -8.76. The smallest absolute Gasteiger partial charge is 0.201 e. The zero-order valence-corrected chi connectivity index (χ0v) is 63.1. The molecular formula is C102H114N4+4. The molecule has 6 fully saturated rings. The third-order valence-corrected chi connectivity index (χ3v) is 22.1. The lowest BCUT2D eigenvalue weighted by Gasteiger charge is -2.36. The molecule has 2 bridgehead atoms. The Kier molecular flexibility index (Phi) is 16.5. The monoisotopic (exact) mass is 1420 g/mol. The Bertz CT molecular complexity index is 6020. The van der Waals surface area contributed by atoms with Gasteiger partial charge < -0.3 is 0 Å². The van der Waals surface area contributed by atoms with Crippen molar-refractivity contribution in [3.8, 4) is 89.5 Å². The summed E-state index contributed by atoms with van der Waals surface area (Å²) in [6, 6.07) is 80.1. The van der Waals surface area contributed by atoms with Gasteiger partial charge in [-0.05, 0) is 239 Å². The van der Waals surface area contributed by atoms with Crippen molar-refractivity contribution in [3.63, 3.8) is 0 Å². The summed E-state index contributed by atoms with van der Waals surface area (Å²) in [7, 11) is 8.08. The Balaban J connectivity index is 0.000000139. The van der Waals surface area contributed by atoms with E-state index in [4.69, 9.17) is 27.4 Å². The minimum Gasteiger partial charge on any atom is -0.201 e. The highest BCUT2D eigenvalue weighted by Gasteiger charge is 2.47. The van der Waals surface area contributed by atoms with Gasteiger partial charge in [0.05, 0.1) is 0 Å². The van der Waals surface area contributed by atoms with Crippen LogP contribution >= 0.6 is 0 Å². The molecule has 0 radical (unpaired) electrons. The molecule has 538 valence electrons. The van der Waals surface area contributed by atoms with Crippen molar-refractivity contribution in [1.29, 1.82) is 0 Å². The van der Waals surface area contributed by atoms with Gasteiger partial charge in [-0.25, -0.2) is 18.3 Å². The number of rotatable bonds is 12. The first-order chi connectivity index (χ1) is 59.5. The molecular weight excluding hydrogens is 1280 g/mol. The highest BCUT2D eigenvalue weighted by Crippen LogP contribution is 2.59. The van der Waals surface area contributed by atoms with Gasteiger partial charge in [0.2, 0.25) is 22.8 Å². The third kappa shape index (κ3) is 16.9. The predicted octanol–water partition coefficient (Wildman–Crippen LogP) is 24.8. The van der Waals surface area contributed by atoms with E-state index in [1.807, 2.05) is 122 Å². The summed E-state index contributed by atoms with van der Waals surface area (Å²) in [4.78, 5) is 0. The molecule has 4 aromatic heterocycles.